The lowest BCUT2D eigenvalue weighted by molar-refractivity contribution is -0.130. The zero-order valence-corrected chi connectivity index (χ0v) is 18.3. The summed E-state index contributed by atoms with van der Waals surface area (Å²) in [6.45, 7) is 4.94. The van der Waals surface area contributed by atoms with Gasteiger partial charge < -0.3 is 9.80 Å². The number of hydrogen-bond donors (Lipinski definition) is 0. The van der Waals surface area contributed by atoms with Crippen LogP contribution in [0.2, 0.25) is 0 Å². The highest BCUT2D eigenvalue weighted by molar-refractivity contribution is 7.88. The van der Waals surface area contributed by atoms with Crippen LogP contribution < -0.4 is 4.90 Å². The smallest absolute Gasteiger partial charge is 0.242 e. The zero-order valence-electron chi connectivity index (χ0n) is 17.5. The number of benzene rings is 2. The van der Waals surface area contributed by atoms with Crippen molar-refractivity contribution in [1.82, 2.24) is 9.21 Å². The minimum absolute atomic E-state index is 0.00572. The number of fused-ring (bicyclic) bond motifs is 1. The second kappa shape index (κ2) is 8.78. The summed E-state index contributed by atoms with van der Waals surface area (Å²) in [5.41, 5.74) is 4.50. The Morgan fingerprint density at radius 1 is 0.967 bits per heavy atom. The van der Waals surface area contributed by atoms with Crippen LogP contribution in [0.1, 0.15) is 23.1 Å². The van der Waals surface area contributed by atoms with Crippen LogP contribution in [-0.4, -0.2) is 62.8 Å². The number of rotatable bonds is 5. The Hall–Kier alpha value is -2.38. The van der Waals surface area contributed by atoms with Crippen LogP contribution in [-0.2, 0) is 27.0 Å². The lowest BCUT2D eigenvalue weighted by atomic mass is 9.99. The van der Waals surface area contributed by atoms with Crippen LogP contribution in [0, 0.1) is 6.92 Å². The highest BCUT2D eigenvalue weighted by Crippen LogP contribution is 2.28. The van der Waals surface area contributed by atoms with Gasteiger partial charge in [-0.1, -0.05) is 48.0 Å². The van der Waals surface area contributed by atoms with Crippen molar-refractivity contribution >= 4 is 21.6 Å². The maximum absolute atomic E-state index is 12.9. The first-order chi connectivity index (χ1) is 14.4. The highest BCUT2D eigenvalue weighted by Gasteiger charge is 2.30. The molecule has 1 amide bonds. The standard InChI is InChI=1S/C23H29N3O3S/c1-19-9-10-22-21(16-19)8-5-11-25(22)17-23(27)24-12-14-26(15-13-24)30(28,29)18-20-6-3-2-4-7-20/h2-4,6-7,9-10,16H,5,8,11-15,17-18H2,1H3. The Bertz CT molecular complexity index is 1000. The van der Waals surface area contributed by atoms with Gasteiger partial charge in [-0.05, 0) is 37.0 Å². The van der Waals surface area contributed by atoms with Gasteiger partial charge in [-0.2, -0.15) is 4.31 Å². The molecule has 0 radical (unpaired) electrons. The first-order valence-corrected chi connectivity index (χ1v) is 12.2. The number of piperazine rings is 1. The molecular weight excluding hydrogens is 398 g/mol. The van der Waals surface area contributed by atoms with E-state index < -0.39 is 10.0 Å². The van der Waals surface area contributed by atoms with Gasteiger partial charge in [-0.3, -0.25) is 4.79 Å². The normalized spacial score (nSPS) is 17.6. The van der Waals surface area contributed by atoms with Crippen LogP contribution in [0.15, 0.2) is 48.5 Å². The van der Waals surface area contributed by atoms with Gasteiger partial charge >= 0.3 is 0 Å². The van der Waals surface area contributed by atoms with Crippen molar-refractivity contribution in [1.29, 1.82) is 0 Å². The van der Waals surface area contributed by atoms with Gasteiger partial charge in [0.2, 0.25) is 15.9 Å². The molecular formula is C23H29N3O3S. The van der Waals surface area contributed by atoms with E-state index in [9.17, 15) is 13.2 Å². The van der Waals surface area contributed by atoms with Crippen LogP contribution in [0.25, 0.3) is 0 Å². The summed E-state index contributed by atoms with van der Waals surface area (Å²) in [5.74, 6) is 0.0784. The van der Waals surface area contributed by atoms with E-state index in [2.05, 4.69) is 30.0 Å². The summed E-state index contributed by atoms with van der Waals surface area (Å²) in [6.07, 6.45) is 2.11. The van der Waals surface area contributed by atoms with E-state index in [-0.39, 0.29) is 11.7 Å². The quantitative estimate of drug-likeness (QED) is 0.735. The summed E-state index contributed by atoms with van der Waals surface area (Å²) >= 11 is 0. The van der Waals surface area contributed by atoms with E-state index in [1.807, 2.05) is 30.3 Å². The number of carbonyl (C=O) groups excluding carboxylic acids is 1. The third-order valence-electron chi connectivity index (χ3n) is 5.95. The molecule has 0 N–H and O–H groups in total. The molecule has 0 bridgehead atoms. The maximum atomic E-state index is 12.9. The van der Waals surface area contributed by atoms with Crippen molar-refractivity contribution in [2.45, 2.75) is 25.5 Å². The van der Waals surface area contributed by atoms with Crippen molar-refractivity contribution in [2.75, 3.05) is 44.2 Å². The molecule has 6 nitrogen and oxygen atoms in total. The van der Waals surface area contributed by atoms with E-state index in [1.54, 1.807) is 4.90 Å². The topological polar surface area (TPSA) is 60.9 Å². The summed E-state index contributed by atoms with van der Waals surface area (Å²) in [6, 6.07) is 15.7. The monoisotopic (exact) mass is 427 g/mol. The van der Waals surface area contributed by atoms with E-state index in [1.165, 1.54) is 15.4 Å². The average Bonchev–Trinajstić information content (AvgIpc) is 2.74. The minimum Gasteiger partial charge on any atom is -0.362 e. The number of aryl methyl sites for hydroxylation is 2. The highest BCUT2D eigenvalue weighted by atomic mass is 32.2. The fourth-order valence-electron chi connectivity index (χ4n) is 4.32. The predicted octanol–water partition coefficient (Wildman–Crippen LogP) is 2.42. The molecule has 0 unspecified atom stereocenters. The molecule has 0 spiro atoms. The Labute approximate surface area is 179 Å². The average molecular weight is 428 g/mol. The summed E-state index contributed by atoms with van der Waals surface area (Å²) in [5, 5.41) is 0. The third-order valence-corrected chi connectivity index (χ3v) is 7.80. The van der Waals surface area contributed by atoms with Gasteiger partial charge in [0.25, 0.3) is 0 Å². The Balaban J connectivity index is 1.34. The number of sulfonamides is 1. The Morgan fingerprint density at radius 3 is 2.43 bits per heavy atom. The molecule has 0 saturated carbocycles. The molecule has 2 aliphatic heterocycles. The summed E-state index contributed by atoms with van der Waals surface area (Å²) in [4.78, 5) is 16.9. The van der Waals surface area contributed by atoms with Crippen molar-refractivity contribution in [3.63, 3.8) is 0 Å². The first kappa shape index (κ1) is 20.9. The van der Waals surface area contributed by atoms with E-state index in [4.69, 9.17) is 0 Å². The molecule has 4 rings (SSSR count). The minimum atomic E-state index is -3.37. The SMILES string of the molecule is Cc1ccc2c(c1)CCCN2CC(=O)N1CCN(S(=O)(=O)Cc2ccccc2)CC1. The molecule has 2 aromatic carbocycles. The lowest BCUT2D eigenvalue weighted by Crippen LogP contribution is -2.53. The van der Waals surface area contributed by atoms with Crippen molar-refractivity contribution in [3.05, 3.63) is 65.2 Å². The predicted molar refractivity (Wildman–Crippen MR) is 119 cm³/mol. The Morgan fingerprint density at radius 2 is 1.70 bits per heavy atom. The van der Waals surface area contributed by atoms with E-state index in [0.717, 1.165) is 30.6 Å². The number of hydrogen-bond acceptors (Lipinski definition) is 4. The lowest BCUT2D eigenvalue weighted by Gasteiger charge is -2.37. The number of amides is 1. The fourth-order valence-corrected chi connectivity index (χ4v) is 5.84. The first-order valence-electron chi connectivity index (χ1n) is 10.6. The summed E-state index contributed by atoms with van der Waals surface area (Å²) < 4.78 is 27.0. The molecule has 1 saturated heterocycles. The van der Waals surface area contributed by atoms with E-state index in [0.29, 0.717) is 32.7 Å². The molecule has 7 heteroatoms. The van der Waals surface area contributed by atoms with Crippen LogP contribution >= 0.6 is 0 Å². The van der Waals surface area contributed by atoms with Gasteiger partial charge in [0.1, 0.15) is 0 Å². The van der Waals surface area contributed by atoms with Gasteiger partial charge in [0.15, 0.2) is 0 Å². The molecule has 160 valence electrons. The molecule has 1 fully saturated rings. The van der Waals surface area contributed by atoms with Crippen molar-refractivity contribution in [3.8, 4) is 0 Å². The van der Waals surface area contributed by atoms with Crippen LogP contribution in [0.5, 0.6) is 0 Å². The Kier molecular flexibility index (Phi) is 6.11. The second-order valence-corrected chi connectivity index (χ2v) is 10.1. The zero-order chi connectivity index (χ0) is 21.1. The van der Waals surface area contributed by atoms with Gasteiger partial charge in [-0.15, -0.1) is 0 Å². The van der Waals surface area contributed by atoms with Crippen molar-refractivity contribution < 1.29 is 13.2 Å². The second-order valence-electron chi connectivity index (χ2n) is 8.18. The molecule has 0 aliphatic carbocycles. The van der Waals surface area contributed by atoms with Crippen molar-refractivity contribution in [2.24, 2.45) is 0 Å². The molecule has 30 heavy (non-hydrogen) atoms. The van der Waals surface area contributed by atoms with Crippen LogP contribution in [0.3, 0.4) is 0 Å². The third kappa shape index (κ3) is 4.68. The largest absolute Gasteiger partial charge is 0.362 e. The molecule has 0 atom stereocenters. The maximum Gasteiger partial charge on any atom is 0.242 e. The molecule has 0 aromatic heterocycles. The van der Waals surface area contributed by atoms with Crippen LogP contribution in [0.4, 0.5) is 5.69 Å². The van der Waals surface area contributed by atoms with Gasteiger partial charge in [0.05, 0.1) is 12.3 Å². The molecule has 2 aliphatic rings. The summed E-state index contributed by atoms with van der Waals surface area (Å²) in [7, 11) is -3.37. The number of carbonyl (C=O) groups is 1. The van der Waals surface area contributed by atoms with Gasteiger partial charge in [-0.25, -0.2) is 8.42 Å². The number of nitrogens with zero attached hydrogens (tertiary/aromatic N) is 3. The molecule has 2 heterocycles. The number of anilines is 1. The molecule has 2 aromatic rings. The van der Waals surface area contributed by atoms with Gasteiger partial charge in [0, 0.05) is 38.4 Å². The fraction of sp³-hybridized carbons (Fsp3) is 0.435. The van der Waals surface area contributed by atoms with E-state index >= 15 is 0 Å².